The normalized spacial score (nSPS) is 13.9. The lowest BCUT2D eigenvalue weighted by atomic mass is 10.1. The van der Waals surface area contributed by atoms with Crippen molar-refractivity contribution < 1.29 is 36.3 Å². The lowest BCUT2D eigenvalue weighted by Gasteiger charge is -2.31. The summed E-state index contributed by atoms with van der Waals surface area (Å²) in [5.41, 5.74) is 3.20. The Kier molecular flexibility index (Phi) is 10.5. The molecule has 1 saturated heterocycles. The molecule has 1 fully saturated rings. The molecule has 38 heavy (non-hydrogen) atoms. The molecule has 0 atom stereocenters. The molecule has 0 aliphatic carbocycles. The molecule has 1 amide bonds. The summed E-state index contributed by atoms with van der Waals surface area (Å²) in [4.78, 5) is 24.3. The number of carbonyl (C=O) groups excluding carboxylic acids is 1. The van der Waals surface area contributed by atoms with Crippen LogP contribution < -0.4 is 20.3 Å². The predicted molar refractivity (Wildman–Crippen MR) is 139 cm³/mol. The minimum atomic E-state index is -5.08. The number of carbonyl (C=O) groups is 2. The van der Waals surface area contributed by atoms with E-state index in [4.69, 9.17) is 9.90 Å². The number of carboxylic acid groups (broad SMARTS) is 1. The monoisotopic (exact) mass is 558 g/mol. The number of sulfonamides is 1. The molecule has 0 unspecified atom stereocenters. The zero-order chi connectivity index (χ0) is 28.7. The number of nitrogens with one attached hydrogen (secondary N) is 3. The Labute approximate surface area is 220 Å². The number of alkyl halides is 3. The maximum absolute atomic E-state index is 13.0. The zero-order valence-corrected chi connectivity index (χ0v) is 22.5. The van der Waals surface area contributed by atoms with E-state index in [1.54, 1.807) is 31.2 Å². The van der Waals surface area contributed by atoms with Gasteiger partial charge in [0.25, 0.3) is 15.9 Å². The van der Waals surface area contributed by atoms with E-state index in [0.29, 0.717) is 29.3 Å². The van der Waals surface area contributed by atoms with Gasteiger partial charge in [0.2, 0.25) is 0 Å². The van der Waals surface area contributed by atoms with Crippen LogP contribution in [0.4, 0.5) is 24.5 Å². The van der Waals surface area contributed by atoms with E-state index in [0.717, 1.165) is 37.4 Å². The first-order valence-corrected chi connectivity index (χ1v) is 13.4. The number of anilines is 2. The number of benzene rings is 2. The highest BCUT2D eigenvalue weighted by Crippen LogP contribution is 2.27. The second kappa shape index (κ2) is 13.0. The van der Waals surface area contributed by atoms with Crippen molar-refractivity contribution >= 4 is 33.3 Å². The van der Waals surface area contributed by atoms with Crippen LogP contribution in [0.15, 0.2) is 41.3 Å². The number of nitrogens with zero attached hydrogens (tertiary/aromatic N) is 1. The van der Waals surface area contributed by atoms with Gasteiger partial charge in [0, 0.05) is 44.1 Å². The quantitative estimate of drug-likeness (QED) is 0.409. The minimum Gasteiger partial charge on any atom is -0.475 e. The van der Waals surface area contributed by atoms with Gasteiger partial charge in [-0.05, 0) is 55.2 Å². The number of amides is 1. The number of hydrogen-bond acceptors (Lipinski definition) is 6. The van der Waals surface area contributed by atoms with Crippen molar-refractivity contribution in [2.75, 3.05) is 42.3 Å². The average molecular weight is 559 g/mol. The molecule has 1 heterocycles. The Morgan fingerprint density at radius 3 is 2.24 bits per heavy atom. The molecule has 0 radical (unpaired) electrons. The second-order valence-corrected chi connectivity index (χ2v) is 10.9. The van der Waals surface area contributed by atoms with Crippen molar-refractivity contribution in [3.05, 3.63) is 53.1 Å². The molecule has 0 bridgehead atoms. The largest absolute Gasteiger partial charge is 0.490 e. The van der Waals surface area contributed by atoms with Crippen LogP contribution in [0.25, 0.3) is 0 Å². The Morgan fingerprint density at radius 1 is 1.08 bits per heavy atom. The van der Waals surface area contributed by atoms with Gasteiger partial charge in [-0.25, -0.2) is 13.2 Å². The van der Waals surface area contributed by atoms with Crippen LogP contribution in [0.5, 0.6) is 0 Å². The zero-order valence-electron chi connectivity index (χ0n) is 21.6. The van der Waals surface area contributed by atoms with Gasteiger partial charge in [-0.2, -0.15) is 13.2 Å². The molecular formula is C25H33F3N4O5S. The van der Waals surface area contributed by atoms with Crippen molar-refractivity contribution in [1.29, 1.82) is 0 Å². The smallest absolute Gasteiger partial charge is 0.475 e. The molecule has 3 rings (SSSR count). The Balaban J connectivity index is 0.000000638. The standard InChI is InChI=1S/C23H32N4O3S.C2HF3O2/c1-16(2)15-25-23(28)20-14-19(7-8-21(20)27-11-9-24-10-12-27)26-31(29,30)22-13-17(3)5-6-18(22)4;3-2(4,5)1(6)7/h5-8,13-14,16,24,26H,9-12,15H2,1-4H3,(H,25,28);(H,6,7). The Hall–Kier alpha value is -3.32. The molecule has 1 aliphatic rings. The second-order valence-electron chi connectivity index (χ2n) is 9.25. The number of rotatable bonds is 7. The lowest BCUT2D eigenvalue weighted by molar-refractivity contribution is -0.192. The highest BCUT2D eigenvalue weighted by Gasteiger charge is 2.38. The average Bonchev–Trinajstić information content (AvgIpc) is 2.84. The summed E-state index contributed by atoms with van der Waals surface area (Å²) >= 11 is 0. The molecule has 4 N–H and O–H groups in total. The van der Waals surface area contributed by atoms with Crippen LogP contribution in [-0.4, -0.2) is 64.3 Å². The fourth-order valence-corrected chi connectivity index (χ4v) is 4.94. The summed E-state index contributed by atoms with van der Waals surface area (Å²) in [5, 5.41) is 13.4. The highest BCUT2D eigenvalue weighted by atomic mass is 32.2. The first kappa shape index (κ1) is 30.9. The van der Waals surface area contributed by atoms with Gasteiger partial charge >= 0.3 is 12.1 Å². The van der Waals surface area contributed by atoms with Crippen molar-refractivity contribution in [2.24, 2.45) is 5.92 Å². The molecule has 0 spiro atoms. The third-order valence-electron chi connectivity index (χ3n) is 5.50. The maximum atomic E-state index is 13.0. The summed E-state index contributed by atoms with van der Waals surface area (Å²) in [7, 11) is -3.78. The van der Waals surface area contributed by atoms with Gasteiger partial charge in [0.05, 0.1) is 10.5 Å². The Morgan fingerprint density at radius 2 is 1.68 bits per heavy atom. The van der Waals surface area contributed by atoms with Crippen LogP contribution in [-0.2, 0) is 14.8 Å². The van der Waals surface area contributed by atoms with Crippen LogP contribution >= 0.6 is 0 Å². The summed E-state index contributed by atoms with van der Waals surface area (Å²) in [6, 6.07) is 10.5. The van der Waals surface area contributed by atoms with E-state index >= 15 is 0 Å². The van der Waals surface area contributed by atoms with Crippen molar-refractivity contribution in [2.45, 2.75) is 38.8 Å². The van der Waals surface area contributed by atoms with E-state index in [1.807, 2.05) is 32.9 Å². The predicted octanol–water partition coefficient (Wildman–Crippen LogP) is 3.53. The van der Waals surface area contributed by atoms with E-state index in [2.05, 4.69) is 20.3 Å². The molecule has 1 aliphatic heterocycles. The number of halogens is 3. The summed E-state index contributed by atoms with van der Waals surface area (Å²) < 4.78 is 60.4. The van der Waals surface area contributed by atoms with Crippen molar-refractivity contribution in [3.63, 3.8) is 0 Å². The van der Waals surface area contributed by atoms with Gasteiger partial charge < -0.3 is 20.6 Å². The highest BCUT2D eigenvalue weighted by molar-refractivity contribution is 7.92. The van der Waals surface area contributed by atoms with Gasteiger partial charge in [-0.15, -0.1) is 0 Å². The maximum Gasteiger partial charge on any atom is 0.490 e. The Bertz CT molecular complexity index is 1240. The summed E-state index contributed by atoms with van der Waals surface area (Å²) in [6.07, 6.45) is -5.08. The molecule has 210 valence electrons. The molecule has 2 aromatic carbocycles. The van der Waals surface area contributed by atoms with E-state index < -0.39 is 22.2 Å². The molecular weight excluding hydrogens is 525 g/mol. The van der Waals surface area contributed by atoms with Gasteiger partial charge in [-0.1, -0.05) is 26.0 Å². The SMILES string of the molecule is Cc1ccc(C)c(S(=O)(=O)Nc2ccc(N3CCNCC3)c(C(=O)NCC(C)C)c2)c1.O=C(O)C(F)(F)F. The van der Waals surface area contributed by atoms with Crippen LogP contribution in [0.2, 0.25) is 0 Å². The molecule has 0 aromatic heterocycles. The van der Waals surface area contributed by atoms with E-state index in [9.17, 15) is 26.4 Å². The molecule has 9 nitrogen and oxygen atoms in total. The number of aryl methyl sites for hydroxylation is 2. The van der Waals surface area contributed by atoms with Gasteiger partial charge in [-0.3, -0.25) is 9.52 Å². The molecule has 2 aromatic rings. The number of aliphatic carboxylic acids is 1. The van der Waals surface area contributed by atoms with Crippen LogP contribution in [0, 0.1) is 19.8 Å². The number of carboxylic acids is 1. The third kappa shape index (κ3) is 8.91. The van der Waals surface area contributed by atoms with E-state index in [1.165, 1.54) is 0 Å². The van der Waals surface area contributed by atoms with Crippen LogP contribution in [0.3, 0.4) is 0 Å². The number of piperazine rings is 1. The fraction of sp³-hybridized carbons (Fsp3) is 0.440. The van der Waals surface area contributed by atoms with Crippen molar-refractivity contribution in [1.82, 2.24) is 10.6 Å². The van der Waals surface area contributed by atoms with Gasteiger partial charge in [0.1, 0.15) is 0 Å². The van der Waals surface area contributed by atoms with Gasteiger partial charge in [0.15, 0.2) is 0 Å². The third-order valence-corrected chi connectivity index (χ3v) is 7.02. The lowest BCUT2D eigenvalue weighted by Crippen LogP contribution is -2.44. The number of hydrogen-bond donors (Lipinski definition) is 4. The summed E-state index contributed by atoms with van der Waals surface area (Å²) in [6.45, 7) is 11.5. The van der Waals surface area contributed by atoms with Crippen molar-refractivity contribution in [3.8, 4) is 0 Å². The fourth-order valence-electron chi connectivity index (χ4n) is 3.56. The van der Waals surface area contributed by atoms with Crippen LogP contribution in [0.1, 0.15) is 35.3 Å². The molecule has 13 heteroatoms. The topological polar surface area (TPSA) is 128 Å². The first-order chi connectivity index (χ1) is 17.6. The van der Waals surface area contributed by atoms with E-state index in [-0.39, 0.29) is 10.8 Å². The summed E-state index contributed by atoms with van der Waals surface area (Å²) in [5.74, 6) is -2.64. The molecule has 0 saturated carbocycles. The minimum absolute atomic E-state index is 0.199. The first-order valence-electron chi connectivity index (χ1n) is 11.9.